The molecule has 2 N–H and O–H groups in total. The van der Waals surface area contributed by atoms with Crippen LogP contribution in [0.5, 0.6) is 0 Å². The van der Waals surface area contributed by atoms with Crippen LogP contribution in [-0.4, -0.2) is 25.5 Å². The van der Waals surface area contributed by atoms with E-state index in [2.05, 4.69) is 20.5 Å². The number of halogens is 1. The van der Waals surface area contributed by atoms with Crippen LogP contribution in [0, 0.1) is 0 Å². The van der Waals surface area contributed by atoms with Gasteiger partial charge in [0, 0.05) is 12.4 Å². The SMILES string of the molecule is C[C@H](NC(=O)c1cc(Cl)c[nH]1)c1nnc2ccccn12. The Morgan fingerprint density at radius 1 is 1.45 bits per heavy atom. The van der Waals surface area contributed by atoms with Crippen molar-refractivity contribution in [3.05, 3.63) is 53.2 Å². The van der Waals surface area contributed by atoms with E-state index in [4.69, 9.17) is 11.6 Å². The molecule has 3 aromatic rings. The fraction of sp³-hybridized carbons (Fsp3) is 0.154. The molecule has 0 aromatic carbocycles. The third-order valence-electron chi connectivity index (χ3n) is 2.97. The number of nitrogens with one attached hydrogen (secondary N) is 2. The Morgan fingerprint density at radius 2 is 2.30 bits per heavy atom. The summed E-state index contributed by atoms with van der Waals surface area (Å²) in [6, 6.07) is 6.93. The van der Waals surface area contributed by atoms with Crippen LogP contribution >= 0.6 is 11.6 Å². The lowest BCUT2D eigenvalue weighted by atomic mass is 10.3. The van der Waals surface area contributed by atoms with Crippen molar-refractivity contribution in [2.75, 3.05) is 0 Å². The molecular formula is C13H12ClN5O. The topological polar surface area (TPSA) is 75.1 Å². The van der Waals surface area contributed by atoms with Crippen molar-refractivity contribution in [3.8, 4) is 0 Å². The fourth-order valence-corrected chi connectivity index (χ4v) is 2.16. The van der Waals surface area contributed by atoms with Crippen LogP contribution < -0.4 is 5.32 Å². The molecule has 0 aliphatic rings. The van der Waals surface area contributed by atoms with Crippen molar-refractivity contribution in [1.29, 1.82) is 0 Å². The van der Waals surface area contributed by atoms with Gasteiger partial charge in [0.25, 0.3) is 5.91 Å². The van der Waals surface area contributed by atoms with Gasteiger partial charge in [0.05, 0.1) is 11.1 Å². The molecule has 0 saturated heterocycles. The number of fused-ring (bicyclic) bond motifs is 1. The Balaban J connectivity index is 1.82. The second-order valence-corrected chi connectivity index (χ2v) is 4.85. The molecule has 0 aliphatic heterocycles. The second kappa shape index (κ2) is 4.97. The zero-order valence-electron chi connectivity index (χ0n) is 10.7. The van der Waals surface area contributed by atoms with Gasteiger partial charge in [0.2, 0.25) is 0 Å². The first-order valence-electron chi connectivity index (χ1n) is 6.09. The molecule has 0 fully saturated rings. The van der Waals surface area contributed by atoms with E-state index in [1.165, 1.54) is 0 Å². The molecule has 0 saturated carbocycles. The molecule has 0 unspecified atom stereocenters. The second-order valence-electron chi connectivity index (χ2n) is 4.41. The highest BCUT2D eigenvalue weighted by Crippen LogP contribution is 2.14. The number of H-pyrrole nitrogens is 1. The monoisotopic (exact) mass is 289 g/mol. The van der Waals surface area contributed by atoms with Crippen LogP contribution in [-0.2, 0) is 0 Å². The van der Waals surface area contributed by atoms with E-state index in [0.717, 1.165) is 5.65 Å². The number of amides is 1. The number of carbonyl (C=O) groups excluding carboxylic acids is 1. The van der Waals surface area contributed by atoms with Crippen molar-refractivity contribution >= 4 is 23.2 Å². The van der Waals surface area contributed by atoms with Crippen molar-refractivity contribution in [2.24, 2.45) is 0 Å². The van der Waals surface area contributed by atoms with Gasteiger partial charge in [0.1, 0.15) is 5.69 Å². The third kappa shape index (κ3) is 2.25. The lowest BCUT2D eigenvalue weighted by Crippen LogP contribution is -2.28. The molecule has 0 bridgehead atoms. The Kier molecular flexibility index (Phi) is 3.15. The van der Waals surface area contributed by atoms with Crippen LogP contribution in [0.25, 0.3) is 5.65 Å². The maximum Gasteiger partial charge on any atom is 0.268 e. The van der Waals surface area contributed by atoms with E-state index >= 15 is 0 Å². The predicted octanol–water partition coefficient (Wildman–Crippen LogP) is 2.20. The van der Waals surface area contributed by atoms with Gasteiger partial charge in [-0.15, -0.1) is 10.2 Å². The van der Waals surface area contributed by atoms with Gasteiger partial charge in [-0.3, -0.25) is 9.20 Å². The summed E-state index contributed by atoms with van der Waals surface area (Å²) in [6.07, 6.45) is 3.42. The number of aromatic amines is 1. The summed E-state index contributed by atoms with van der Waals surface area (Å²) >= 11 is 5.78. The van der Waals surface area contributed by atoms with Crippen LogP contribution in [0.15, 0.2) is 36.7 Å². The lowest BCUT2D eigenvalue weighted by Gasteiger charge is -2.11. The summed E-state index contributed by atoms with van der Waals surface area (Å²) < 4.78 is 1.84. The lowest BCUT2D eigenvalue weighted by molar-refractivity contribution is 0.0933. The highest BCUT2D eigenvalue weighted by atomic mass is 35.5. The van der Waals surface area contributed by atoms with E-state index in [1.54, 1.807) is 12.3 Å². The average molecular weight is 290 g/mol. The van der Waals surface area contributed by atoms with Crippen LogP contribution in [0.1, 0.15) is 29.3 Å². The van der Waals surface area contributed by atoms with Crippen molar-refractivity contribution < 1.29 is 4.79 Å². The molecule has 1 atom stereocenters. The molecule has 7 heteroatoms. The summed E-state index contributed by atoms with van der Waals surface area (Å²) in [7, 11) is 0. The van der Waals surface area contributed by atoms with Crippen LogP contribution in [0.4, 0.5) is 0 Å². The van der Waals surface area contributed by atoms with E-state index in [-0.39, 0.29) is 11.9 Å². The molecule has 20 heavy (non-hydrogen) atoms. The highest BCUT2D eigenvalue weighted by Gasteiger charge is 2.17. The summed E-state index contributed by atoms with van der Waals surface area (Å²) in [4.78, 5) is 14.8. The Hall–Kier alpha value is -2.34. The van der Waals surface area contributed by atoms with Crippen LogP contribution in [0.3, 0.4) is 0 Å². The smallest absolute Gasteiger partial charge is 0.268 e. The third-order valence-corrected chi connectivity index (χ3v) is 3.19. The van der Waals surface area contributed by atoms with Crippen molar-refractivity contribution in [3.63, 3.8) is 0 Å². The molecule has 0 radical (unpaired) electrons. The van der Waals surface area contributed by atoms with E-state index in [0.29, 0.717) is 16.5 Å². The van der Waals surface area contributed by atoms with Crippen molar-refractivity contribution in [2.45, 2.75) is 13.0 Å². The predicted molar refractivity (Wildman–Crippen MR) is 74.7 cm³/mol. The average Bonchev–Trinajstić information content (AvgIpc) is 3.04. The summed E-state index contributed by atoms with van der Waals surface area (Å²) in [5.74, 6) is 0.434. The molecule has 6 nitrogen and oxygen atoms in total. The molecule has 0 spiro atoms. The quantitative estimate of drug-likeness (QED) is 0.776. The minimum absolute atomic E-state index is 0.239. The molecule has 0 aliphatic carbocycles. The minimum Gasteiger partial charge on any atom is -0.356 e. The molecule has 3 rings (SSSR count). The van der Waals surface area contributed by atoms with E-state index < -0.39 is 0 Å². The summed E-state index contributed by atoms with van der Waals surface area (Å²) in [5, 5.41) is 11.5. The van der Waals surface area contributed by atoms with Gasteiger partial charge in [0.15, 0.2) is 11.5 Å². The molecular weight excluding hydrogens is 278 g/mol. The highest BCUT2D eigenvalue weighted by molar-refractivity contribution is 6.30. The van der Waals surface area contributed by atoms with Gasteiger partial charge in [-0.05, 0) is 25.1 Å². The standard InChI is InChI=1S/C13H12ClN5O/c1-8(16-13(20)10-6-9(14)7-15-10)12-18-17-11-4-2-3-5-19(11)12/h2-8,15H,1H3,(H,16,20)/t8-/m0/s1. The minimum atomic E-state index is -0.276. The molecule has 3 heterocycles. The molecule has 1 amide bonds. The van der Waals surface area contributed by atoms with E-state index in [1.807, 2.05) is 35.7 Å². The first-order chi connectivity index (χ1) is 9.65. The van der Waals surface area contributed by atoms with Gasteiger partial charge in [-0.2, -0.15) is 0 Å². The number of carbonyl (C=O) groups is 1. The largest absolute Gasteiger partial charge is 0.356 e. The van der Waals surface area contributed by atoms with E-state index in [9.17, 15) is 4.79 Å². The summed E-state index contributed by atoms with van der Waals surface area (Å²) in [5.41, 5.74) is 1.15. The zero-order valence-corrected chi connectivity index (χ0v) is 11.4. The Labute approximate surface area is 119 Å². The van der Waals surface area contributed by atoms with Crippen LogP contribution in [0.2, 0.25) is 5.02 Å². The number of nitrogens with zero attached hydrogens (tertiary/aromatic N) is 3. The normalized spacial score (nSPS) is 12.5. The van der Waals surface area contributed by atoms with Gasteiger partial charge in [-0.25, -0.2) is 0 Å². The first-order valence-corrected chi connectivity index (χ1v) is 6.47. The summed E-state index contributed by atoms with van der Waals surface area (Å²) in [6.45, 7) is 1.85. The number of aromatic nitrogens is 4. The molecule has 3 aromatic heterocycles. The molecule has 102 valence electrons. The number of hydrogen-bond donors (Lipinski definition) is 2. The van der Waals surface area contributed by atoms with Crippen molar-refractivity contribution in [1.82, 2.24) is 24.9 Å². The van der Waals surface area contributed by atoms with Gasteiger partial charge >= 0.3 is 0 Å². The number of hydrogen-bond acceptors (Lipinski definition) is 3. The number of pyridine rings is 1. The Bertz CT molecular complexity index is 763. The first kappa shape index (κ1) is 12.7. The fourth-order valence-electron chi connectivity index (χ4n) is 1.99. The maximum absolute atomic E-state index is 12.0. The van der Waals surface area contributed by atoms with Gasteiger partial charge < -0.3 is 10.3 Å². The van der Waals surface area contributed by atoms with Gasteiger partial charge in [-0.1, -0.05) is 17.7 Å². The number of rotatable bonds is 3. The maximum atomic E-state index is 12.0. The zero-order chi connectivity index (χ0) is 14.1. The Morgan fingerprint density at radius 3 is 3.05 bits per heavy atom.